The molecule has 2 heterocycles. The van der Waals surface area contributed by atoms with Crippen molar-refractivity contribution in [1.82, 2.24) is 4.90 Å². The average Bonchev–Trinajstić information content (AvgIpc) is 2.41. The summed E-state index contributed by atoms with van der Waals surface area (Å²) in [6.07, 6.45) is 2.20. The monoisotopic (exact) mass is 307 g/mol. The Hall–Kier alpha value is -1.98. The molecule has 0 saturated carbocycles. The molecule has 1 amide bonds. The summed E-state index contributed by atoms with van der Waals surface area (Å²) in [6.45, 7) is 8.53. The van der Waals surface area contributed by atoms with Crippen LogP contribution in [0, 0.1) is 17.5 Å². The minimum atomic E-state index is -0.897. The first-order valence-electron chi connectivity index (χ1n) is 7.66. The average molecular weight is 307 g/mol. The molecule has 2 rings (SSSR count). The first-order chi connectivity index (χ1) is 10.2. The van der Waals surface area contributed by atoms with Crippen LogP contribution < -0.4 is 10.0 Å². The van der Waals surface area contributed by atoms with Gasteiger partial charge in [0.05, 0.1) is 12.2 Å². The molecule has 0 aromatic carbocycles. The number of carbonyl (C=O) groups is 1. The Kier molecular flexibility index (Phi) is 4.49. The molecular weight excluding hydrogens is 282 g/mol. The molecule has 0 bridgehead atoms. The molecule has 2 N–H and O–H groups in total. The van der Waals surface area contributed by atoms with Crippen LogP contribution in [0.3, 0.4) is 0 Å². The van der Waals surface area contributed by atoms with Gasteiger partial charge >= 0.3 is 6.09 Å². The van der Waals surface area contributed by atoms with Crippen molar-refractivity contribution >= 4 is 11.9 Å². The maximum absolute atomic E-state index is 12.0. The number of nitrogens with zero attached hydrogens (tertiary/aromatic N) is 2. The fourth-order valence-corrected chi connectivity index (χ4v) is 3.38. The van der Waals surface area contributed by atoms with E-state index in [1.807, 2.05) is 33.8 Å². The zero-order chi connectivity index (χ0) is 16.5. The molecule has 1 fully saturated rings. The molecule has 0 spiro atoms. The van der Waals surface area contributed by atoms with E-state index in [1.165, 1.54) is 11.1 Å². The quantitative estimate of drug-likeness (QED) is 0.650. The molecule has 0 radical (unpaired) electrons. The van der Waals surface area contributed by atoms with Gasteiger partial charge < -0.3 is 15.2 Å². The molecule has 1 unspecified atom stereocenters. The van der Waals surface area contributed by atoms with Gasteiger partial charge in [-0.3, -0.25) is 5.32 Å². The van der Waals surface area contributed by atoms with E-state index < -0.39 is 6.09 Å². The number of aryl methyl sites for hydroxylation is 1. The summed E-state index contributed by atoms with van der Waals surface area (Å²) in [4.78, 5) is 13.1. The summed E-state index contributed by atoms with van der Waals surface area (Å²) in [5, 5.41) is 24.8. The molecule has 22 heavy (non-hydrogen) atoms. The lowest BCUT2D eigenvalue weighted by Gasteiger charge is -2.45. The standard InChI is InChI=1S/C16H25N3O3/c1-11-7-5-10-19(22)14(11)17-12-8-6-9-18(15(20)21)13(12)16(2,3)4/h5,7,10,12-13,17H,6,8-9H2,1-4H3,(H,20,21)/t12-,13?/m1/s1. The number of nitrogens with one attached hydrogen (secondary N) is 1. The van der Waals surface area contributed by atoms with E-state index in [0.717, 1.165) is 23.1 Å². The van der Waals surface area contributed by atoms with Crippen LogP contribution in [0.25, 0.3) is 0 Å². The molecule has 1 saturated heterocycles. The van der Waals surface area contributed by atoms with Crippen LogP contribution in [0.2, 0.25) is 0 Å². The van der Waals surface area contributed by atoms with Crippen molar-refractivity contribution in [2.24, 2.45) is 5.41 Å². The van der Waals surface area contributed by atoms with Gasteiger partial charge in [-0.15, -0.1) is 0 Å². The van der Waals surface area contributed by atoms with Gasteiger partial charge in [-0.2, -0.15) is 0 Å². The molecule has 2 atom stereocenters. The van der Waals surface area contributed by atoms with E-state index in [9.17, 15) is 15.1 Å². The zero-order valence-corrected chi connectivity index (χ0v) is 13.7. The van der Waals surface area contributed by atoms with Gasteiger partial charge in [0.25, 0.3) is 5.82 Å². The third kappa shape index (κ3) is 3.26. The highest BCUT2D eigenvalue weighted by Crippen LogP contribution is 2.33. The number of amides is 1. The summed E-state index contributed by atoms with van der Waals surface area (Å²) in [5.74, 6) is 0.508. The summed E-state index contributed by atoms with van der Waals surface area (Å²) >= 11 is 0. The summed E-state index contributed by atoms with van der Waals surface area (Å²) in [6, 6.07) is 3.32. The van der Waals surface area contributed by atoms with Crippen molar-refractivity contribution in [2.45, 2.75) is 52.6 Å². The van der Waals surface area contributed by atoms with Crippen molar-refractivity contribution in [1.29, 1.82) is 0 Å². The first-order valence-corrected chi connectivity index (χ1v) is 7.66. The Morgan fingerprint density at radius 3 is 2.73 bits per heavy atom. The molecule has 1 aromatic heterocycles. The molecule has 0 aliphatic carbocycles. The van der Waals surface area contributed by atoms with Crippen LogP contribution in [-0.2, 0) is 0 Å². The molecule has 6 nitrogen and oxygen atoms in total. The SMILES string of the molecule is Cc1ccc[n+]([O-])c1N[C@@H]1CCCN(C(=O)O)C1C(C)(C)C. The number of pyridine rings is 1. The number of anilines is 1. The summed E-state index contributed by atoms with van der Waals surface area (Å²) < 4.78 is 0.814. The lowest BCUT2D eigenvalue weighted by atomic mass is 9.77. The van der Waals surface area contributed by atoms with Crippen LogP contribution in [-0.4, -0.2) is 34.7 Å². The van der Waals surface area contributed by atoms with Gasteiger partial charge in [0.15, 0.2) is 0 Å². The fourth-order valence-electron chi connectivity index (χ4n) is 3.38. The van der Waals surface area contributed by atoms with Crippen molar-refractivity contribution in [2.75, 3.05) is 11.9 Å². The minimum Gasteiger partial charge on any atom is -0.711 e. The van der Waals surface area contributed by atoms with E-state index in [1.54, 1.807) is 6.07 Å². The Labute approximate surface area is 131 Å². The van der Waals surface area contributed by atoms with Crippen LogP contribution in [0.4, 0.5) is 10.6 Å². The topological polar surface area (TPSA) is 79.5 Å². The maximum atomic E-state index is 12.0. The lowest BCUT2D eigenvalue weighted by molar-refractivity contribution is -0.590. The van der Waals surface area contributed by atoms with E-state index in [2.05, 4.69) is 5.32 Å². The molecule has 1 aliphatic rings. The number of aromatic nitrogens is 1. The normalized spacial score (nSPS) is 22.5. The third-order valence-electron chi connectivity index (χ3n) is 4.25. The van der Waals surface area contributed by atoms with Crippen LogP contribution in [0.1, 0.15) is 39.2 Å². The fraction of sp³-hybridized carbons (Fsp3) is 0.625. The number of hydrogen-bond donors (Lipinski definition) is 2. The van der Waals surface area contributed by atoms with Crippen molar-refractivity contribution in [3.05, 3.63) is 29.1 Å². The summed E-state index contributed by atoms with van der Waals surface area (Å²) in [7, 11) is 0. The number of carboxylic acid groups (broad SMARTS) is 1. The lowest BCUT2D eigenvalue weighted by Crippen LogP contribution is -2.59. The van der Waals surface area contributed by atoms with Crippen molar-refractivity contribution in [3.8, 4) is 0 Å². The Balaban J connectivity index is 2.33. The Morgan fingerprint density at radius 2 is 2.18 bits per heavy atom. The number of likely N-dealkylation sites (tertiary alicyclic amines) is 1. The third-order valence-corrected chi connectivity index (χ3v) is 4.25. The predicted molar refractivity (Wildman–Crippen MR) is 84.8 cm³/mol. The van der Waals surface area contributed by atoms with Gasteiger partial charge in [-0.25, -0.2) is 9.52 Å². The second-order valence-corrected chi connectivity index (χ2v) is 7.05. The minimum absolute atomic E-state index is 0.0776. The van der Waals surface area contributed by atoms with Gasteiger partial charge in [-0.1, -0.05) is 20.8 Å². The van der Waals surface area contributed by atoms with Gasteiger partial charge in [0.2, 0.25) is 0 Å². The molecular formula is C16H25N3O3. The first kappa shape index (κ1) is 16.4. The van der Waals surface area contributed by atoms with E-state index in [0.29, 0.717) is 12.4 Å². The van der Waals surface area contributed by atoms with Crippen LogP contribution in [0.5, 0.6) is 0 Å². The Morgan fingerprint density at radius 1 is 1.50 bits per heavy atom. The highest BCUT2D eigenvalue weighted by molar-refractivity contribution is 5.66. The van der Waals surface area contributed by atoms with E-state index in [-0.39, 0.29) is 17.5 Å². The Bertz CT molecular complexity index is 534. The molecule has 122 valence electrons. The number of piperidine rings is 1. The molecule has 1 aromatic rings. The van der Waals surface area contributed by atoms with Crippen molar-refractivity contribution in [3.63, 3.8) is 0 Å². The number of rotatable bonds is 2. The molecule has 6 heteroatoms. The highest BCUT2D eigenvalue weighted by Gasteiger charge is 2.44. The second kappa shape index (κ2) is 6.02. The van der Waals surface area contributed by atoms with Crippen LogP contribution >= 0.6 is 0 Å². The largest absolute Gasteiger partial charge is 0.711 e. The molecule has 1 aliphatic heterocycles. The van der Waals surface area contributed by atoms with Crippen LogP contribution in [0.15, 0.2) is 18.3 Å². The maximum Gasteiger partial charge on any atom is 0.407 e. The van der Waals surface area contributed by atoms with E-state index >= 15 is 0 Å². The van der Waals surface area contributed by atoms with Gasteiger partial charge in [-0.05, 0) is 37.3 Å². The van der Waals surface area contributed by atoms with Crippen molar-refractivity contribution < 1.29 is 14.6 Å². The van der Waals surface area contributed by atoms with Gasteiger partial charge in [0.1, 0.15) is 6.04 Å². The summed E-state index contributed by atoms with van der Waals surface area (Å²) in [5.41, 5.74) is 0.643. The van der Waals surface area contributed by atoms with E-state index in [4.69, 9.17) is 0 Å². The predicted octanol–water partition coefficient (Wildman–Crippen LogP) is 2.60. The highest BCUT2D eigenvalue weighted by atomic mass is 16.5. The number of hydrogen-bond acceptors (Lipinski definition) is 3. The smallest absolute Gasteiger partial charge is 0.407 e. The second-order valence-electron chi connectivity index (χ2n) is 7.05. The zero-order valence-electron chi connectivity index (χ0n) is 13.7. The van der Waals surface area contributed by atoms with Gasteiger partial charge in [0, 0.05) is 12.1 Å².